The van der Waals surface area contributed by atoms with E-state index in [-0.39, 0.29) is 11.5 Å². The molecule has 1 aromatic carbocycles. The third-order valence-electron chi connectivity index (χ3n) is 3.95. The minimum Gasteiger partial charge on any atom is -0.497 e. The lowest BCUT2D eigenvalue weighted by molar-refractivity contribution is 0.102. The molecule has 0 aliphatic heterocycles. The molecule has 0 fully saturated rings. The fourth-order valence-electron chi connectivity index (χ4n) is 2.59. The van der Waals surface area contributed by atoms with Crippen molar-refractivity contribution in [1.82, 2.24) is 0 Å². The molecule has 0 aliphatic carbocycles. The number of aryl methyl sites for hydroxylation is 1. The van der Waals surface area contributed by atoms with Crippen LogP contribution in [0, 0.1) is 6.92 Å². The van der Waals surface area contributed by atoms with Crippen molar-refractivity contribution in [2.24, 2.45) is 0 Å². The van der Waals surface area contributed by atoms with Gasteiger partial charge in [-0.05, 0) is 49.2 Å². The van der Waals surface area contributed by atoms with Crippen LogP contribution in [0.15, 0.2) is 39.5 Å². The molecule has 0 saturated heterocycles. The topological polar surface area (TPSA) is 68.5 Å². The molecule has 1 unspecified atom stereocenters. The van der Waals surface area contributed by atoms with Crippen molar-refractivity contribution in [1.29, 1.82) is 0 Å². The Morgan fingerprint density at radius 3 is 2.50 bits per heavy atom. The largest absolute Gasteiger partial charge is 0.497 e. The summed E-state index contributed by atoms with van der Waals surface area (Å²) < 4.78 is 10.4. The van der Waals surface area contributed by atoms with E-state index in [0.717, 1.165) is 12.8 Å². The van der Waals surface area contributed by atoms with Gasteiger partial charge in [0.2, 0.25) is 0 Å². The zero-order valence-electron chi connectivity index (χ0n) is 14.5. The Hall–Kier alpha value is -2.56. The molecule has 5 heteroatoms. The van der Waals surface area contributed by atoms with Gasteiger partial charge in [-0.25, -0.2) is 4.79 Å². The zero-order chi connectivity index (χ0) is 17.7. The molecule has 1 amide bonds. The number of nitrogens with one attached hydrogen (secondary N) is 1. The second-order valence-corrected chi connectivity index (χ2v) is 5.87. The van der Waals surface area contributed by atoms with Crippen LogP contribution in [0.25, 0.3) is 0 Å². The summed E-state index contributed by atoms with van der Waals surface area (Å²) in [4.78, 5) is 24.7. The number of ether oxygens (including phenoxy) is 1. The molecule has 0 radical (unpaired) electrons. The van der Waals surface area contributed by atoms with E-state index in [1.807, 2.05) is 6.92 Å². The van der Waals surface area contributed by atoms with Gasteiger partial charge in [-0.15, -0.1) is 0 Å². The number of rotatable bonds is 6. The predicted molar refractivity (Wildman–Crippen MR) is 94.0 cm³/mol. The van der Waals surface area contributed by atoms with Gasteiger partial charge in [0, 0.05) is 11.6 Å². The highest BCUT2D eigenvalue weighted by molar-refractivity contribution is 6.04. The molecule has 0 aliphatic rings. The van der Waals surface area contributed by atoms with Crippen molar-refractivity contribution in [3.63, 3.8) is 0 Å². The summed E-state index contributed by atoms with van der Waals surface area (Å²) >= 11 is 0. The van der Waals surface area contributed by atoms with E-state index in [1.54, 1.807) is 44.4 Å². The highest BCUT2D eigenvalue weighted by Crippen LogP contribution is 2.22. The molecular formula is C19H23NO4. The molecule has 2 rings (SSSR count). The second kappa shape index (κ2) is 7.81. The van der Waals surface area contributed by atoms with Gasteiger partial charge in [0.15, 0.2) is 0 Å². The Labute approximate surface area is 141 Å². The number of methoxy groups -OCH3 is 1. The smallest absolute Gasteiger partial charge is 0.349 e. The number of anilines is 1. The average Bonchev–Trinajstić information content (AvgIpc) is 2.55. The summed E-state index contributed by atoms with van der Waals surface area (Å²) in [6.07, 6.45) is 1.93. The van der Waals surface area contributed by atoms with Crippen LogP contribution in [0.3, 0.4) is 0 Å². The van der Waals surface area contributed by atoms with E-state index in [4.69, 9.17) is 9.15 Å². The first-order valence-electron chi connectivity index (χ1n) is 8.06. The first-order chi connectivity index (χ1) is 11.5. The number of carbonyl (C=O) groups is 1. The lowest BCUT2D eigenvalue weighted by Crippen LogP contribution is -2.23. The van der Waals surface area contributed by atoms with Crippen molar-refractivity contribution >= 4 is 11.6 Å². The van der Waals surface area contributed by atoms with E-state index in [2.05, 4.69) is 12.2 Å². The molecule has 5 nitrogen and oxygen atoms in total. The van der Waals surface area contributed by atoms with Crippen LogP contribution in [-0.2, 0) is 0 Å². The van der Waals surface area contributed by atoms with Crippen LogP contribution in [0.1, 0.15) is 54.3 Å². The Bertz CT molecular complexity index is 762. The maximum absolute atomic E-state index is 12.4. The normalized spacial score (nSPS) is 11.8. The standard InChI is InChI=1S/C19H23NO4/c1-5-6-12(2)16-11-13(3)17(19(22)24-16)18(21)20-14-7-9-15(23-4)10-8-14/h7-12H,5-6H2,1-4H3,(H,20,21). The first-order valence-corrected chi connectivity index (χ1v) is 8.06. The Balaban J connectivity index is 2.24. The minimum atomic E-state index is -0.598. The number of carbonyl (C=O) groups excluding carboxylic acids is 1. The van der Waals surface area contributed by atoms with Gasteiger partial charge in [-0.1, -0.05) is 20.3 Å². The molecular weight excluding hydrogens is 306 g/mol. The zero-order valence-corrected chi connectivity index (χ0v) is 14.5. The van der Waals surface area contributed by atoms with Gasteiger partial charge >= 0.3 is 5.63 Å². The van der Waals surface area contributed by atoms with Crippen molar-refractivity contribution in [2.45, 2.75) is 39.5 Å². The molecule has 1 heterocycles. The molecule has 24 heavy (non-hydrogen) atoms. The van der Waals surface area contributed by atoms with E-state index >= 15 is 0 Å². The van der Waals surface area contributed by atoms with Crippen LogP contribution in [0.5, 0.6) is 5.75 Å². The van der Waals surface area contributed by atoms with Gasteiger partial charge in [0.1, 0.15) is 17.1 Å². The van der Waals surface area contributed by atoms with Crippen molar-refractivity contribution < 1.29 is 13.9 Å². The molecule has 1 aromatic heterocycles. The third-order valence-corrected chi connectivity index (χ3v) is 3.95. The SMILES string of the molecule is CCCC(C)c1cc(C)c(C(=O)Nc2ccc(OC)cc2)c(=O)o1. The van der Waals surface area contributed by atoms with Crippen LogP contribution in [0.4, 0.5) is 5.69 Å². The molecule has 0 bridgehead atoms. The summed E-state index contributed by atoms with van der Waals surface area (Å²) in [5.74, 6) is 1.000. The van der Waals surface area contributed by atoms with Crippen LogP contribution in [0.2, 0.25) is 0 Å². The average molecular weight is 329 g/mol. The minimum absolute atomic E-state index is 0.0401. The first kappa shape index (κ1) is 17.8. The highest BCUT2D eigenvalue weighted by Gasteiger charge is 2.19. The summed E-state index contributed by atoms with van der Waals surface area (Å²) in [5, 5.41) is 2.71. The lowest BCUT2D eigenvalue weighted by Gasteiger charge is -2.12. The van der Waals surface area contributed by atoms with E-state index in [1.165, 1.54) is 0 Å². The highest BCUT2D eigenvalue weighted by atomic mass is 16.5. The van der Waals surface area contributed by atoms with Gasteiger partial charge in [-0.2, -0.15) is 0 Å². The number of amides is 1. The molecule has 2 aromatic rings. The van der Waals surface area contributed by atoms with Crippen molar-refractivity contribution in [3.05, 3.63) is 57.6 Å². The molecule has 128 valence electrons. The van der Waals surface area contributed by atoms with E-state index in [0.29, 0.717) is 22.8 Å². The summed E-state index contributed by atoms with van der Waals surface area (Å²) in [6.45, 7) is 5.85. The monoisotopic (exact) mass is 329 g/mol. The fourth-order valence-corrected chi connectivity index (χ4v) is 2.59. The molecule has 1 atom stereocenters. The van der Waals surface area contributed by atoms with Crippen LogP contribution < -0.4 is 15.7 Å². The second-order valence-electron chi connectivity index (χ2n) is 5.87. The molecule has 0 saturated carbocycles. The van der Waals surface area contributed by atoms with Gasteiger partial charge < -0.3 is 14.5 Å². The van der Waals surface area contributed by atoms with Crippen molar-refractivity contribution in [2.75, 3.05) is 12.4 Å². The fraction of sp³-hybridized carbons (Fsp3) is 0.368. The lowest BCUT2D eigenvalue weighted by atomic mass is 10.0. The van der Waals surface area contributed by atoms with Crippen molar-refractivity contribution in [3.8, 4) is 5.75 Å². The third kappa shape index (κ3) is 4.04. The summed E-state index contributed by atoms with van der Waals surface area (Å²) in [7, 11) is 1.57. The number of hydrogen-bond acceptors (Lipinski definition) is 4. The summed E-state index contributed by atoms with van der Waals surface area (Å²) in [5.41, 5.74) is 0.649. The number of hydrogen-bond donors (Lipinski definition) is 1. The Kier molecular flexibility index (Phi) is 5.79. The maximum atomic E-state index is 12.4. The number of benzene rings is 1. The maximum Gasteiger partial charge on any atom is 0.349 e. The Morgan fingerprint density at radius 1 is 1.29 bits per heavy atom. The predicted octanol–water partition coefficient (Wildman–Crippen LogP) is 4.11. The van der Waals surface area contributed by atoms with Gasteiger partial charge in [0.25, 0.3) is 5.91 Å². The summed E-state index contributed by atoms with van der Waals surface area (Å²) in [6, 6.07) is 8.68. The van der Waals surface area contributed by atoms with E-state index in [9.17, 15) is 9.59 Å². The van der Waals surface area contributed by atoms with Gasteiger partial charge in [0.05, 0.1) is 7.11 Å². The van der Waals surface area contributed by atoms with Crippen LogP contribution >= 0.6 is 0 Å². The quantitative estimate of drug-likeness (QED) is 0.866. The Morgan fingerprint density at radius 2 is 1.96 bits per heavy atom. The molecule has 0 spiro atoms. The van der Waals surface area contributed by atoms with E-state index < -0.39 is 11.5 Å². The van der Waals surface area contributed by atoms with Crippen LogP contribution in [-0.4, -0.2) is 13.0 Å². The molecule has 1 N–H and O–H groups in total. The van der Waals surface area contributed by atoms with Gasteiger partial charge in [-0.3, -0.25) is 4.79 Å².